The Bertz CT molecular complexity index is 730. The Morgan fingerprint density at radius 2 is 1.86 bits per heavy atom. The first-order valence-electron chi connectivity index (χ1n) is 6.48. The Hall–Kier alpha value is -1.65. The van der Waals surface area contributed by atoms with Gasteiger partial charge in [0.05, 0.1) is 6.42 Å². The first-order valence-corrected chi connectivity index (χ1v) is 7.71. The Kier molecular flexibility index (Phi) is 4.36. The van der Waals surface area contributed by atoms with Gasteiger partial charge in [-0.15, -0.1) is 21.8 Å². The molecule has 21 heavy (non-hydrogen) atoms. The topological polar surface area (TPSA) is 38.9 Å². The lowest BCUT2D eigenvalue weighted by molar-refractivity contribution is 0.462. The maximum Gasteiger partial charge on any atom is 0.238 e. The van der Waals surface area contributed by atoms with Gasteiger partial charge in [0.1, 0.15) is 5.38 Å². The average Bonchev–Trinajstić information content (AvgIpc) is 2.96. The predicted octanol–water partition coefficient (Wildman–Crippen LogP) is 4.75. The largest absolute Gasteiger partial charge is 0.423 e. The van der Waals surface area contributed by atoms with Crippen molar-refractivity contribution in [2.24, 2.45) is 0 Å². The molecule has 106 valence electrons. The second kappa shape index (κ2) is 6.41. The molecule has 0 saturated heterocycles. The van der Waals surface area contributed by atoms with Crippen molar-refractivity contribution >= 4 is 27.5 Å². The van der Waals surface area contributed by atoms with Crippen LogP contribution in [0.25, 0.3) is 0 Å². The molecule has 0 amide bonds. The van der Waals surface area contributed by atoms with Gasteiger partial charge < -0.3 is 4.42 Å². The molecule has 0 spiro atoms. The van der Waals surface area contributed by atoms with Crippen LogP contribution in [0.15, 0.2) is 63.5 Å². The number of nitrogens with zero attached hydrogens (tertiary/aromatic N) is 2. The van der Waals surface area contributed by atoms with E-state index in [0.29, 0.717) is 18.2 Å². The number of aromatic nitrogens is 2. The summed E-state index contributed by atoms with van der Waals surface area (Å²) in [5.74, 6) is 0.984. The van der Waals surface area contributed by atoms with Crippen LogP contribution in [0.5, 0.6) is 0 Å². The summed E-state index contributed by atoms with van der Waals surface area (Å²) in [5, 5.41) is 7.70. The van der Waals surface area contributed by atoms with E-state index >= 15 is 0 Å². The van der Waals surface area contributed by atoms with Crippen LogP contribution in [-0.4, -0.2) is 10.2 Å². The third-order valence-electron chi connectivity index (χ3n) is 3.04. The van der Waals surface area contributed by atoms with Crippen molar-refractivity contribution in [1.29, 1.82) is 0 Å². The molecule has 2 aromatic carbocycles. The van der Waals surface area contributed by atoms with Crippen molar-refractivity contribution in [3.63, 3.8) is 0 Å². The second-order valence-electron chi connectivity index (χ2n) is 4.61. The highest BCUT2D eigenvalue weighted by Crippen LogP contribution is 2.27. The Balaban J connectivity index is 1.77. The van der Waals surface area contributed by atoms with E-state index in [0.717, 1.165) is 15.6 Å². The number of hydrogen-bond acceptors (Lipinski definition) is 3. The number of rotatable bonds is 4. The number of benzene rings is 2. The molecule has 0 N–H and O–H groups in total. The van der Waals surface area contributed by atoms with E-state index in [9.17, 15) is 0 Å². The maximum atomic E-state index is 6.37. The van der Waals surface area contributed by atoms with Gasteiger partial charge in [-0.05, 0) is 23.3 Å². The van der Waals surface area contributed by atoms with Crippen molar-refractivity contribution in [1.82, 2.24) is 10.2 Å². The highest BCUT2D eigenvalue weighted by molar-refractivity contribution is 9.10. The molecular weight excluding hydrogens is 352 g/mol. The zero-order valence-corrected chi connectivity index (χ0v) is 13.4. The Labute approximate surface area is 136 Å². The van der Waals surface area contributed by atoms with E-state index in [1.165, 1.54) is 0 Å². The van der Waals surface area contributed by atoms with Crippen LogP contribution in [0.2, 0.25) is 0 Å². The molecule has 1 atom stereocenters. The minimum atomic E-state index is -0.421. The molecule has 3 aromatic rings. The highest BCUT2D eigenvalue weighted by atomic mass is 79.9. The van der Waals surface area contributed by atoms with E-state index in [2.05, 4.69) is 26.1 Å². The molecule has 1 aromatic heterocycles. The van der Waals surface area contributed by atoms with Gasteiger partial charge in [0.25, 0.3) is 0 Å². The summed E-state index contributed by atoms with van der Waals surface area (Å²) in [6.45, 7) is 0. The van der Waals surface area contributed by atoms with Gasteiger partial charge in [-0.2, -0.15) is 0 Å². The van der Waals surface area contributed by atoms with E-state index in [-0.39, 0.29) is 0 Å². The summed E-state index contributed by atoms with van der Waals surface area (Å²) >= 11 is 9.82. The Morgan fingerprint density at radius 3 is 2.62 bits per heavy atom. The number of halogens is 2. The van der Waals surface area contributed by atoms with Crippen molar-refractivity contribution in [3.8, 4) is 0 Å². The summed E-state index contributed by atoms with van der Waals surface area (Å²) in [6.07, 6.45) is 0.588. The molecule has 0 aliphatic carbocycles. The SMILES string of the molecule is ClC(c1ccccc1)c1nnc(Cc2cccc(Br)c2)o1. The zero-order valence-electron chi connectivity index (χ0n) is 11.0. The summed E-state index contributed by atoms with van der Waals surface area (Å²) in [5.41, 5.74) is 2.04. The highest BCUT2D eigenvalue weighted by Gasteiger charge is 2.18. The second-order valence-corrected chi connectivity index (χ2v) is 5.97. The van der Waals surface area contributed by atoms with Gasteiger partial charge in [0, 0.05) is 4.47 Å². The molecular formula is C16H12BrClN2O. The fourth-order valence-corrected chi connectivity index (χ4v) is 2.71. The normalized spacial score (nSPS) is 12.3. The van der Waals surface area contributed by atoms with Gasteiger partial charge in [0.15, 0.2) is 0 Å². The first kappa shape index (κ1) is 14.3. The predicted molar refractivity (Wildman–Crippen MR) is 85.4 cm³/mol. The molecule has 1 unspecified atom stereocenters. The quantitative estimate of drug-likeness (QED) is 0.628. The summed E-state index contributed by atoms with van der Waals surface area (Å²) in [4.78, 5) is 0. The van der Waals surface area contributed by atoms with Crippen molar-refractivity contribution in [3.05, 3.63) is 82.0 Å². The third kappa shape index (κ3) is 3.52. The molecule has 3 nitrogen and oxygen atoms in total. The van der Waals surface area contributed by atoms with Crippen LogP contribution >= 0.6 is 27.5 Å². The minimum absolute atomic E-state index is 0.421. The standard InChI is InChI=1S/C16H12BrClN2O/c17-13-8-4-5-11(9-13)10-14-19-20-16(21-14)15(18)12-6-2-1-3-7-12/h1-9,15H,10H2. The minimum Gasteiger partial charge on any atom is -0.423 e. The van der Waals surface area contributed by atoms with Crippen LogP contribution in [-0.2, 0) is 6.42 Å². The fourth-order valence-electron chi connectivity index (χ4n) is 2.03. The van der Waals surface area contributed by atoms with Crippen LogP contribution in [0.3, 0.4) is 0 Å². The van der Waals surface area contributed by atoms with Crippen molar-refractivity contribution in [2.45, 2.75) is 11.8 Å². The molecule has 0 fully saturated rings. The van der Waals surface area contributed by atoms with E-state index < -0.39 is 5.38 Å². The monoisotopic (exact) mass is 362 g/mol. The zero-order chi connectivity index (χ0) is 14.7. The molecule has 0 saturated carbocycles. The molecule has 0 radical (unpaired) electrons. The summed E-state index contributed by atoms with van der Waals surface area (Å²) in [6, 6.07) is 17.7. The molecule has 0 aliphatic heterocycles. The van der Waals surface area contributed by atoms with Gasteiger partial charge in [-0.3, -0.25) is 0 Å². The van der Waals surface area contributed by atoms with Crippen molar-refractivity contribution in [2.75, 3.05) is 0 Å². The number of hydrogen-bond donors (Lipinski definition) is 0. The molecule has 5 heteroatoms. The Morgan fingerprint density at radius 1 is 1.05 bits per heavy atom. The molecule has 0 bridgehead atoms. The van der Waals surface area contributed by atoms with E-state index in [4.69, 9.17) is 16.0 Å². The average molecular weight is 364 g/mol. The van der Waals surface area contributed by atoms with Crippen LogP contribution in [0, 0.1) is 0 Å². The van der Waals surface area contributed by atoms with Gasteiger partial charge >= 0.3 is 0 Å². The van der Waals surface area contributed by atoms with Crippen LogP contribution < -0.4 is 0 Å². The first-order chi connectivity index (χ1) is 10.2. The lowest BCUT2D eigenvalue weighted by Crippen LogP contribution is -1.92. The fraction of sp³-hybridized carbons (Fsp3) is 0.125. The van der Waals surface area contributed by atoms with E-state index in [1.807, 2.05) is 54.6 Å². The lowest BCUT2D eigenvalue weighted by Gasteiger charge is -2.04. The van der Waals surface area contributed by atoms with Crippen LogP contribution in [0.4, 0.5) is 0 Å². The van der Waals surface area contributed by atoms with Crippen molar-refractivity contribution < 1.29 is 4.42 Å². The molecule has 1 heterocycles. The lowest BCUT2D eigenvalue weighted by atomic mass is 10.1. The third-order valence-corrected chi connectivity index (χ3v) is 3.97. The molecule has 3 rings (SSSR count). The van der Waals surface area contributed by atoms with Gasteiger partial charge in [-0.1, -0.05) is 58.4 Å². The summed E-state index contributed by atoms with van der Waals surface area (Å²) < 4.78 is 6.70. The van der Waals surface area contributed by atoms with E-state index in [1.54, 1.807) is 0 Å². The van der Waals surface area contributed by atoms with Gasteiger partial charge in [0.2, 0.25) is 11.8 Å². The van der Waals surface area contributed by atoms with Crippen LogP contribution in [0.1, 0.15) is 28.3 Å². The van der Waals surface area contributed by atoms with Gasteiger partial charge in [-0.25, -0.2) is 0 Å². The summed E-state index contributed by atoms with van der Waals surface area (Å²) in [7, 11) is 0. The maximum absolute atomic E-state index is 6.37. The smallest absolute Gasteiger partial charge is 0.238 e. The number of alkyl halides is 1. The molecule has 0 aliphatic rings.